The van der Waals surface area contributed by atoms with Crippen LogP contribution in [0.4, 0.5) is 0 Å². The standard InChI is InChI=1S/C12H23ClO2/c1-12(2,3)15-11(14)9-7-5-4-6-8-10-13/h4-10H2,1-3H3. The molecule has 0 rings (SSSR count). The number of esters is 1. The van der Waals surface area contributed by atoms with Crippen LogP contribution in [0.3, 0.4) is 0 Å². The molecular weight excluding hydrogens is 212 g/mol. The number of halogens is 1. The van der Waals surface area contributed by atoms with Crippen LogP contribution in [0.5, 0.6) is 0 Å². The number of rotatable bonds is 7. The van der Waals surface area contributed by atoms with Gasteiger partial charge in [-0.3, -0.25) is 4.79 Å². The molecule has 90 valence electrons. The topological polar surface area (TPSA) is 26.3 Å². The molecule has 0 aromatic carbocycles. The summed E-state index contributed by atoms with van der Waals surface area (Å²) >= 11 is 5.56. The van der Waals surface area contributed by atoms with Crippen LogP contribution in [0.15, 0.2) is 0 Å². The SMILES string of the molecule is CC(C)(C)OC(=O)CCCCCCCCl. The summed E-state index contributed by atoms with van der Waals surface area (Å²) < 4.78 is 5.21. The molecule has 2 nitrogen and oxygen atoms in total. The van der Waals surface area contributed by atoms with Crippen molar-refractivity contribution in [2.24, 2.45) is 0 Å². The lowest BCUT2D eigenvalue weighted by Crippen LogP contribution is -2.23. The maximum absolute atomic E-state index is 11.3. The Morgan fingerprint density at radius 1 is 1.07 bits per heavy atom. The fourth-order valence-electron chi connectivity index (χ4n) is 1.29. The Morgan fingerprint density at radius 2 is 1.60 bits per heavy atom. The van der Waals surface area contributed by atoms with Crippen molar-refractivity contribution >= 4 is 17.6 Å². The highest BCUT2D eigenvalue weighted by Crippen LogP contribution is 2.11. The van der Waals surface area contributed by atoms with Crippen LogP contribution in [-0.4, -0.2) is 17.5 Å². The van der Waals surface area contributed by atoms with E-state index in [1.54, 1.807) is 0 Å². The third-order valence-corrected chi connectivity index (χ3v) is 2.20. The quantitative estimate of drug-likeness (QED) is 0.379. The third-order valence-electron chi connectivity index (χ3n) is 1.93. The maximum atomic E-state index is 11.3. The maximum Gasteiger partial charge on any atom is 0.306 e. The lowest BCUT2D eigenvalue weighted by Gasteiger charge is -2.19. The summed E-state index contributed by atoms with van der Waals surface area (Å²) in [5.41, 5.74) is -0.351. The molecule has 0 radical (unpaired) electrons. The molecule has 0 N–H and O–H groups in total. The van der Waals surface area contributed by atoms with Gasteiger partial charge in [0.15, 0.2) is 0 Å². The predicted molar refractivity (Wildman–Crippen MR) is 64.3 cm³/mol. The smallest absolute Gasteiger partial charge is 0.306 e. The highest BCUT2D eigenvalue weighted by molar-refractivity contribution is 6.17. The van der Waals surface area contributed by atoms with Gasteiger partial charge in [-0.05, 0) is 33.6 Å². The van der Waals surface area contributed by atoms with Crippen LogP contribution in [0.25, 0.3) is 0 Å². The van der Waals surface area contributed by atoms with E-state index in [1.165, 1.54) is 0 Å². The fourth-order valence-corrected chi connectivity index (χ4v) is 1.48. The van der Waals surface area contributed by atoms with E-state index in [2.05, 4.69) is 0 Å². The van der Waals surface area contributed by atoms with Crippen LogP contribution in [-0.2, 0) is 9.53 Å². The third kappa shape index (κ3) is 11.7. The molecule has 0 aliphatic rings. The van der Waals surface area contributed by atoms with Gasteiger partial charge in [-0.1, -0.05) is 19.3 Å². The van der Waals surface area contributed by atoms with Crippen LogP contribution in [0, 0.1) is 0 Å². The Hall–Kier alpha value is -0.240. The molecule has 0 atom stereocenters. The molecular formula is C12H23ClO2. The molecule has 0 unspecified atom stereocenters. The van der Waals surface area contributed by atoms with E-state index in [0.717, 1.165) is 38.0 Å². The molecule has 0 spiro atoms. The number of hydrogen-bond donors (Lipinski definition) is 0. The first-order valence-electron chi connectivity index (χ1n) is 5.73. The Morgan fingerprint density at radius 3 is 2.13 bits per heavy atom. The summed E-state index contributed by atoms with van der Waals surface area (Å²) in [6, 6.07) is 0. The highest BCUT2D eigenvalue weighted by atomic mass is 35.5. The van der Waals surface area contributed by atoms with Crippen molar-refractivity contribution in [1.82, 2.24) is 0 Å². The van der Waals surface area contributed by atoms with E-state index >= 15 is 0 Å². The zero-order chi connectivity index (χ0) is 11.7. The van der Waals surface area contributed by atoms with E-state index in [1.807, 2.05) is 20.8 Å². The van der Waals surface area contributed by atoms with E-state index in [4.69, 9.17) is 16.3 Å². The predicted octanol–water partition coefficient (Wildman–Crippen LogP) is 3.91. The number of hydrogen-bond acceptors (Lipinski definition) is 2. The van der Waals surface area contributed by atoms with Crippen LogP contribution >= 0.6 is 11.6 Å². The Kier molecular flexibility index (Phi) is 7.85. The van der Waals surface area contributed by atoms with Crippen molar-refractivity contribution in [2.45, 2.75) is 64.9 Å². The van der Waals surface area contributed by atoms with Crippen molar-refractivity contribution in [2.75, 3.05) is 5.88 Å². The highest BCUT2D eigenvalue weighted by Gasteiger charge is 2.15. The number of carbonyl (C=O) groups excluding carboxylic acids is 1. The summed E-state index contributed by atoms with van der Waals surface area (Å²) in [6.45, 7) is 5.68. The van der Waals surface area contributed by atoms with Gasteiger partial charge in [-0.2, -0.15) is 0 Å². The average Bonchev–Trinajstić information content (AvgIpc) is 2.08. The first-order valence-corrected chi connectivity index (χ1v) is 6.27. The van der Waals surface area contributed by atoms with Gasteiger partial charge in [-0.15, -0.1) is 11.6 Å². The van der Waals surface area contributed by atoms with Crippen LogP contribution in [0.2, 0.25) is 0 Å². The van der Waals surface area contributed by atoms with Crippen molar-refractivity contribution in [1.29, 1.82) is 0 Å². The molecule has 0 amide bonds. The summed E-state index contributed by atoms with van der Waals surface area (Å²) in [7, 11) is 0. The monoisotopic (exact) mass is 234 g/mol. The average molecular weight is 235 g/mol. The molecule has 15 heavy (non-hydrogen) atoms. The summed E-state index contributed by atoms with van der Waals surface area (Å²) in [5.74, 6) is 0.659. The Balaban J connectivity index is 3.32. The van der Waals surface area contributed by atoms with E-state index in [0.29, 0.717) is 6.42 Å². The van der Waals surface area contributed by atoms with Crippen molar-refractivity contribution in [3.63, 3.8) is 0 Å². The summed E-state index contributed by atoms with van der Waals surface area (Å²) in [4.78, 5) is 11.3. The number of alkyl halides is 1. The number of carbonyl (C=O) groups is 1. The minimum atomic E-state index is -0.351. The van der Waals surface area contributed by atoms with Crippen molar-refractivity contribution in [3.05, 3.63) is 0 Å². The van der Waals surface area contributed by atoms with Gasteiger partial charge in [0, 0.05) is 12.3 Å². The molecule has 0 aliphatic heterocycles. The Labute approximate surface area is 98.3 Å². The number of unbranched alkanes of at least 4 members (excludes halogenated alkanes) is 4. The van der Waals surface area contributed by atoms with E-state index < -0.39 is 0 Å². The van der Waals surface area contributed by atoms with Crippen LogP contribution < -0.4 is 0 Å². The molecule has 0 fully saturated rings. The molecule has 3 heteroatoms. The van der Waals surface area contributed by atoms with Gasteiger partial charge < -0.3 is 4.74 Å². The molecule has 0 saturated carbocycles. The Bertz CT molecular complexity index is 173. The van der Waals surface area contributed by atoms with Gasteiger partial charge in [0.25, 0.3) is 0 Å². The summed E-state index contributed by atoms with van der Waals surface area (Å²) in [6.07, 6.45) is 5.97. The summed E-state index contributed by atoms with van der Waals surface area (Å²) in [5, 5.41) is 0. The fraction of sp³-hybridized carbons (Fsp3) is 0.917. The zero-order valence-electron chi connectivity index (χ0n) is 10.1. The molecule has 0 saturated heterocycles. The van der Waals surface area contributed by atoms with Gasteiger partial charge in [0.2, 0.25) is 0 Å². The lowest BCUT2D eigenvalue weighted by atomic mass is 10.1. The molecule has 0 bridgehead atoms. The van der Waals surface area contributed by atoms with Gasteiger partial charge >= 0.3 is 5.97 Å². The minimum absolute atomic E-state index is 0.0835. The van der Waals surface area contributed by atoms with E-state index in [9.17, 15) is 4.79 Å². The van der Waals surface area contributed by atoms with Gasteiger partial charge in [-0.25, -0.2) is 0 Å². The first kappa shape index (κ1) is 14.8. The van der Waals surface area contributed by atoms with Crippen molar-refractivity contribution in [3.8, 4) is 0 Å². The van der Waals surface area contributed by atoms with E-state index in [-0.39, 0.29) is 11.6 Å². The van der Waals surface area contributed by atoms with Crippen molar-refractivity contribution < 1.29 is 9.53 Å². The second-order valence-corrected chi connectivity index (χ2v) is 5.17. The minimum Gasteiger partial charge on any atom is -0.460 e. The second-order valence-electron chi connectivity index (χ2n) is 4.79. The molecule has 0 aliphatic carbocycles. The molecule has 0 aromatic heterocycles. The largest absolute Gasteiger partial charge is 0.460 e. The van der Waals surface area contributed by atoms with Gasteiger partial charge in [0.1, 0.15) is 5.60 Å². The zero-order valence-corrected chi connectivity index (χ0v) is 10.9. The lowest BCUT2D eigenvalue weighted by molar-refractivity contribution is -0.154. The molecule has 0 heterocycles. The normalized spacial score (nSPS) is 11.5. The second kappa shape index (κ2) is 7.98. The van der Waals surface area contributed by atoms with Gasteiger partial charge in [0.05, 0.1) is 0 Å². The first-order chi connectivity index (χ1) is 6.95. The number of ether oxygens (including phenoxy) is 1. The van der Waals surface area contributed by atoms with Crippen LogP contribution in [0.1, 0.15) is 59.3 Å². The molecule has 0 aromatic rings.